The van der Waals surface area contributed by atoms with Crippen LogP contribution < -0.4 is 0 Å². The van der Waals surface area contributed by atoms with Gasteiger partial charge in [0.1, 0.15) is 0 Å². The van der Waals surface area contributed by atoms with Gasteiger partial charge in [-0.05, 0) is 29.3 Å². The maximum Gasteiger partial charge on any atom is 0.331 e. The lowest BCUT2D eigenvalue weighted by atomic mass is 10.1. The zero-order chi connectivity index (χ0) is 14.5. The van der Waals surface area contributed by atoms with Gasteiger partial charge in [0, 0.05) is 6.42 Å². The minimum atomic E-state index is -1.17. The van der Waals surface area contributed by atoms with Crippen LogP contribution in [0, 0.1) is 0 Å². The van der Waals surface area contributed by atoms with Gasteiger partial charge >= 0.3 is 5.97 Å². The van der Waals surface area contributed by atoms with E-state index in [0.717, 1.165) is 5.56 Å². The van der Waals surface area contributed by atoms with Crippen LogP contribution in [0.4, 0.5) is 0 Å². The van der Waals surface area contributed by atoms with Crippen molar-refractivity contribution in [2.45, 2.75) is 31.9 Å². The van der Waals surface area contributed by atoms with Crippen molar-refractivity contribution in [1.82, 2.24) is 20.2 Å². The number of carboxylic acids is 1. The molecule has 0 amide bonds. The minimum Gasteiger partial charge on any atom is -0.480 e. The number of aliphatic hydroxyl groups is 1. The summed E-state index contributed by atoms with van der Waals surface area (Å²) in [6.45, 7) is 1.40. The number of tetrazole rings is 1. The van der Waals surface area contributed by atoms with E-state index in [9.17, 15) is 9.90 Å². The quantitative estimate of drug-likeness (QED) is 0.795. The third-order valence-electron chi connectivity index (χ3n) is 3.01. The molecule has 7 heteroatoms. The van der Waals surface area contributed by atoms with Crippen molar-refractivity contribution in [3.05, 3.63) is 41.7 Å². The van der Waals surface area contributed by atoms with Crippen molar-refractivity contribution in [3.63, 3.8) is 0 Å². The van der Waals surface area contributed by atoms with Gasteiger partial charge in [-0.15, -0.1) is 5.10 Å². The molecule has 2 rings (SSSR count). The van der Waals surface area contributed by atoms with E-state index in [4.69, 9.17) is 5.11 Å². The molecule has 0 aliphatic rings. The number of aryl methyl sites for hydroxylation is 2. The van der Waals surface area contributed by atoms with Gasteiger partial charge in [-0.3, -0.25) is 0 Å². The number of carbonyl (C=O) groups is 1. The van der Waals surface area contributed by atoms with Crippen LogP contribution >= 0.6 is 0 Å². The van der Waals surface area contributed by atoms with Crippen molar-refractivity contribution in [3.8, 4) is 0 Å². The molecular weight excluding hydrogens is 260 g/mol. The van der Waals surface area contributed by atoms with Crippen LogP contribution in [0.5, 0.6) is 0 Å². The summed E-state index contributed by atoms with van der Waals surface area (Å²) in [6.07, 6.45) is 0.132. The Morgan fingerprint density at radius 2 is 2.00 bits per heavy atom. The number of carboxylic acid groups (broad SMARTS) is 1. The zero-order valence-electron chi connectivity index (χ0n) is 11.0. The Balaban J connectivity index is 2.14. The predicted molar refractivity (Wildman–Crippen MR) is 70.0 cm³/mol. The van der Waals surface area contributed by atoms with Crippen molar-refractivity contribution < 1.29 is 15.0 Å². The lowest BCUT2D eigenvalue weighted by molar-refractivity contribution is -0.144. The molecule has 0 aliphatic carbocycles. The molecule has 0 bridgehead atoms. The third-order valence-corrected chi connectivity index (χ3v) is 3.01. The predicted octanol–water partition coefficient (Wildman–Crippen LogP) is 0.465. The summed E-state index contributed by atoms with van der Waals surface area (Å²) in [7, 11) is 0. The Labute approximate surface area is 115 Å². The summed E-state index contributed by atoms with van der Waals surface area (Å²) in [6, 6.07) is 8.61. The molecule has 0 saturated heterocycles. The average Bonchev–Trinajstić information content (AvgIpc) is 2.85. The fourth-order valence-corrected chi connectivity index (χ4v) is 2.01. The Morgan fingerprint density at radius 3 is 2.60 bits per heavy atom. The highest BCUT2D eigenvalue weighted by molar-refractivity contribution is 5.72. The molecule has 2 atom stereocenters. The van der Waals surface area contributed by atoms with E-state index < -0.39 is 18.1 Å². The fraction of sp³-hybridized carbons (Fsp3) is 0.385. The van der Waals surface area contributed by atoms with Crippen LogP contribution in [-0.2, 0) is 17.6 Å². The van der Waals surface area contributed by atoms with Gasteiger partial charge in [-0.2, -0.15) is 0 Å². The highest BCUT2D eigenvalue weighted by atomic mass is 16.4. The van der Waals surface area contributed by atoms with Crippen LogP contribution in [0.1, 0.15) is 24.4 Å². The first kappa shape index (κ1) is 14.1. The molecule has 20 heavy (non-hydrogen) atoms. The molecule has 2 unspecified atom stereocenters. The summed E-state index contributed by atoms with van der Waals surface area (Å²) in [4.78, 5) is 11.2. The van der Waals surface area contributed by atoms with Gasteiger partial charge in [-0.1, -0.05) is 30.3 Å². The summed E-state index contributed by atoms with van der Waals surface area (Å²) in [5.41, 5.74) is 1.12. The lowest BCUT2D eigenvalue weighted by Gasteiger charge is -2.16. The van der Waals surface area contributed by atoms with Gasteiger partial charge < -0.3 is 10.2 Å². The SMILES string of the molecule is CC(O)C(C(=O)O)n1nnnc1CCc1ccccc1. The van der Waals surface area contributed by atoms with E-state index in [1.165, 1.54) is 11.6 Å². The monoisotopic (exact) mass is 276 g/mol. The van der Waals surface area contributed by atoms with Crippen molar-refractivity contribution >= 4 is 5.97 Å². The van der Waals surface area contributed by atoms with E-state index in [0.29, 0.717) is 18.7 Å². The fourth-order valence-electron chi connectivity index (χ4n) is 2.01. The molecular formula is C13H16N4O3. The van der Waals surface area contributed by atoms with Crippen LogP contribution in [0.25, 0.3) is 0 Å². The number of nitrogens with zero attached hydrogens (tertiary/aromatic N) is 4. The molecule has 0 saturated carbocycles. The highest BCUT2D eigenvalue weighted by Crippen LogP contribution is 2.14. The summed E-state index contributed by atoms with van der Waals surface area (Å²) in [5, 5.41) is 29.8. The Hall–Kier alpha value is -2.28. The van der Waals surface area contributed by atoms with Crippen LogP contribution in [0.15, 0.2) is 30.3 Å². The Morgan fingerprint density at radius 1 is 1.30 bits per heavy atom. The van der Waals surface area contributed by atoms with Crippen LogP contribution in [-0.4, -0.2) is 42.5 Å². The van der Waals surface area contributed by atoms with E-state index in [-0.39, 0.29) is 0 Å². The summed E-state index contributed by atoms with van der Waals surface area (Å²) >= 11 is 0. The number of aliphatic carboxylic acids is 1. The van der Waals surface area contributed by atoms with Crippen molar-refractivity contribution in [2.24, 2.45) is 0 Å². The lowest BCUT2D eigenvalue weighted by Crippen LogP contribution is -2.31. The van der Waals surface area contributed by atoms with Gasteiger partial charge in [0.05, 0.1) is 6.10 Å². The number of hydrogen-bond acceptors (Lipinski definition) is 5. The second kappa shape index (κ2) is 6.25. The van der Waals surface area contributed by atoms with E-state index in [1.54, 1.807) is 0 Å². The topological polar surface area (TPSA) is 101 Å². The molecule has 7 nitrogen and oxygen atoms in total. The Bertz CT molecular complexity index is 568. The van der Waals surface area contributed by atoms with E-state index in [2.05, 4.69) is 15.5 Å². The molecule has 2 aromatic rings. The molecule has 0 aliphatic heterocycles. The molecule has 1 aromatic carbocycles. The average molecular weight is 276 g/mol. The molecule has 0 spiro atoms. The standard InChI is InChI=1S/C13H16N4O3/c1-9(18)12(13(19)20)17-11(14-15-16-17)8-7-10-5-3-2-4-6-10/h2-6,9,12,18H,7-8H2,1H3,(H,19,20). The number of benzene rings is 1. The maximum absolute atomic E-state index is 11.2. The molecule has 0 radical (unpaired) electrons. The minimum absolute atomic E-state index is 0.446. The molecule has 0 fully saturated rings. The Kier molecular flexibility index (Phi) is 4.41. The first-order valence-electron chi connectivity index (χ1n) is 6.31. The largest absolute Gasteiger partial charge is 0.480 e. The van der Waals surface area contributed by atoms with Crippen molar-refractivity contribution in [2.75, 3.05) is 0 Å². The smallest absolute Gasteiger partial charge is 0.331 e. The maximum atomic E-state index is 11.2. The third kappa shape index (κ3) is 3.18. The second-order valence-electron chi connectivity index (χ2n) is 4.55. The number of hydrogen-bond donors (Lipinski definition) is 2. The van der Waals surface area contributed by atoms with Gasteiger partial charge in [0.2, 0.25) is 0 Å². The van der Waals surface area contributed by atoms with Crippen molar-refractivity contribution in [1.29, 1.82) is 0 Å². The van der Waals surface area contributed by atoms with Gasteiger partial charge in [-0.25, -0.2) is 9.48 Å². The summed E-state index contributed by atoms with van der Waals surface area (Å²) < 4.78 is 1.18. The molecule has 1 heterocycles. The number of aromatic nitrogens is 4. The van der Waals surface area contributed by atoms with Crippen LogP contribution in [0.2, 0.25) is 0 Å². The van der Waals surface area contributed by atoms with Crippen LogP contribution in [0.3, 0.4) is 0 Å². The van der Waals surface area contributed by atoms with E-state index in [1.807, 2.05) is 30.3 Å². The first-order valence-corrected chi connectivity index (χ1v) is 6.31. The molecule has 106 valence electrons. The molecule has 2 N–H and O–H groups in total. The summed E-state index contributed by atoms with van der Waals surface area (Å²) in [5.74, 6) is -0.713. The van der Waals surface area contributed by atoms with Gasteiger partial charge in [0.25, 0.3) is 0 Å². The van der Waals surface area contributed by atoms with Gasteiger partial charge in [0.15, 0.2) is 11.9 Å². The normalized spacial score (nSPS) is 13.9. The molecule has 1 aromatic heterocycles. The first-order chi connectivity index (χ1) is 9.59. The highest BCUT2D eigenvalue weighted by Gasteiger charge is 2.28. The number of aliphatic hydroxyl groups excluding tert-OH is 1. The zero-order valence-corrected chi connectivity index (χ0v) is 11.0. The second-order valence-corrected chi connectivity index (χ2v) is 4.55. The number of rotatable bonds is 6. The van der Waals surface area contributed by atoms with E-state index >= 15 is 0 Å².